The van der Waals surface area contributed by atoms with Crippen molar-refractivity contribution in [1.29, 1.82) is 0 Å². The van der Waals surface area contributed by atoms with Crippen LogP contribution in [0.5, 0.6) is 0 Å². The highest BCUT2D eigenvalue weighted by Gasteiger charge is 2.36. The van der Waals surface area contributed by atoms with Gasteiger partial charge in [-0.15, -0.1) is 0 Å². The molecule has 0 radical (unpaired) electrons. The number of urea groups is 1. The summed E-state index contributed by atoms with van der Waals surface area (Å²) in [4.78, 5) is 36.2. The molecule has 2 N–H and O–H groups in total. The van der Waals surface area contributed by atoms with Gasteiger partial charge in [0.2, 0.25) is 0 Å². The fraction of sp³-hybridized carbons (Fsp3) is 0.375. The van der Waals surface area contributed by atoms with Crippen LogP contribution in [0.15, 0.2) is 53.4 Å². The number of imide groups is 1. The van der Waals surface area contributed by atoms with Crippen molar-refractivity contribution >= 4 is 33.6 Å². The number of carbonyl (C=O) groups is 3. The van der Waals surface area contributed by atoms with Gasteiger partial charge in [-0.1, -0.05) is 37.1 Å². The molecule has 34 heavy (non-hydrogen) atoms. The Hall–Kier alpha value is -3.40. The number of ether oxygens (including phenoxy) is 1. The van der Waals surface area contributed by atoms with Crippen molar-refractivity contribution in [2.24, 2.45) is 0 Å². The lowest BCUT2D eigenvalue weighted by Gasteiger charge is -2.24. The van der Waals surface area contributed by atoms with Crippen molar-refractivity contribution in [3.8, 4) is 0 Å². The van der Waals surface area contributed by atoms with Crippen molar-refractivity contribution in [2.75, 3.05) is 10.9 Å². The molecule has 0 saturated heterocycles. The fourth-order valence-corrected chi connectivity index (χ4v) is 6.21. The van der Waals surface area contributed by atoms with Gasteiger partial charge in [-0.2, -0.15) is 0 Å². The van der Waals surface area contributed by atoms with E-state index in [1.807, 2.05) is 19.1 Å². The van der Waals surface area contributed by atoms with E-state index in [1.165, 1.54) is 28.6 Å². The van der Waals surface area contributed by atoms with Crippen molar-refractivity contribution in [3.05, 3.63) is 59.7 Å². The number of hydrogen-bond donors (Lipinski definition) is 2. The molecular formula is C24H27N3O6S. The molecule has 180 valence electrons. The molecular weight excluding hydrogens is 458 g/mol. The van der Waals surface area contributed by atoms with Gasteiger partial charge in [0.05, 0.1) is 16.1 Å². The third-order valence-electron chi connectivity index (χ3n) is 6.05. The first-order chi connectivity index (χ1) is 16.3. The van der Waals surface area contributed by atoms with E-state index in [1.54, 1.807) is 12.1 Å². The number of carbonyl (C=O) groups excluding carboxylic acids is 3. The number of benzene rings is 2. The first-order valence-electron chi connectivity index (χ1n) is 11.3. The van der Waals surface area contributed by atoms with Gasteiger partial charge in [0, 0.05) is 12.1 Å². The van der Waals surface area contributed by atoms with Gasteiger partial charge >= 0.3 is 12.0 Å². The second-order valence-corrected chi connectivity index (χ2v) is 10.4. The Balaban J connectivity index is 1.39. The maximum atomic E-state index is 13.4. The molecule has 3 amide bonds. The van der Waals surface area contributed by atoms with Crippen LogP contribution in [-0.2, 0) is 26.0 Å². The first-order valence-corrected chi connectivity index (χ1v) is 12.7. The predicted octanol–water partition coefficient (Wildman–Crippen LogP) is 2.75. The average Bonchev–Trinajstić information content (AvgIpc) is 3.44. The van der Waals surface area contributed by atoms with E-state index in [0.717, 1.165) is 31.2 Å². The standard InChI is InChI=1S/C24H27N3O6S/c1-16-13-17-7-2-5-12-21(17)27(16)34(31,32)20-11-6-8-18(14-20)23(29)33-15-22(28)26-24(30)25-19-9-3-4-10-19/h2,5-8,11-12,14,16,19H,3-4,9-10,13,15H2,1H3,(H2,25,26,28,30). The number of amides is 3. The molecule has 9 nitrogen and oxygen atoms in total. The van der Waals surface area contributed by atoms with Gasteiger partial charge in [-0.05, 0) is 56.0 Å². The number of sulfonamides is 1. The van der Waals surface area contributed by atoms with Crippen LogP contribution in [0.4, 0.5) is 10.5 Å². The molecule has 0 aromatic heterocycles. The van der Waals surface area contributed by atoms with Gasteiger partial charge < -0.3 is 10.1 Å². The van der Waals surface area contributed by atoms with Gasteiger partial charge in [0.1, 0.15) is 0 Å². The van der Waals surface area contributed by atoms with E-state index in [2.05, 4.69) is 10.6 Å². The number of para-hydroxylation sites is 1. The molecule has 2 aromatic rings. The van der Waals surface area contributed by atoms with E-state index in [4.69, 9.17) is 4.74 Å². The van der Waals surface area contributed by atoms with Gasteiger partial charge in [-0.3, -0.25) is 14.4 Å². The lowest BCUT2D eigenvalue weighted by atomic mass is 10.1. The molecule has 0 bridgehead atoms. The first kappa shape index (κ1) is 23.7. The molecule has 1 heterocycles. The summed E-state index contributed by atoms with van der Waals surface area (Å²) in [5.41, 5.74) is 1.55. The zero-order chi connectivity index (χ0) is 24.3. The molecule has 1 atom stereocenters. The zero-order valence-electron chi connectivity index (χ0n) is 18.8. The van der Waals surface area contributed by atoms with E-state index >= 15 is 0 Å². The summed E-state index contributed by atoms with van der Waals surface area (Å²) < 4.78 is 33.1. The minimum Gasteiger partial charge on any atom is -0.452 e. The Labute approximate surface area is 198 Å². The molecule has 2 aromatic carbocycles. The third-order valence-corrected chi connectivity index (χ3v) is 7.97. The molecule has 2 aliphatic rings. The monoisotopic (exact) mass is 485 g/mol. The lowest BCUT2D eigenvalue weighted by molar-refractivity contribution is -0.123. The summed E-state index contributed by atoms with van der Waals surface area (Å²) in [6.07, 6.45) is 4.42. The normalized spacial score (nSPS) is 17.8. The number of nitrogens with zero attached hydrogens (tertiary/aromatic N) is 1. The van der Waals surface area contributed by atoms with Crippen molar-refractivity contribution < 1.29 is 27.5 Å². The molecule has 4 rings (SSSR count). The van der Waals surface area contributed by atoms with E-state index < -0.39 is 34.5 Å². The number of esters is 1. The van der Waals surface area contributed by atoms with Gasteiger partial charge in [-0.25, -0.2) is 18.0 Å². The minimum absolute atomic E-state index is 0.00980. The van der Waals surface area contributed by atoms with Crippen LogP contribution in [0.25, 0.3) is 0 Å². The fourth-order valence-electron chi connectivity index (χ4n) is 4.47. The van der Waals surface area contributed by atoms with E-state index in [9.17, 15) is 22.8 Å². The number of anilines is 1. The number of rotatable bonds is 6. The molecule has 1 unspecified atom stereocenters. The quantitative estimate of drug-likeness (QED) is 0.607. The smallest absolute Gasteiger partial charge is 0.338 e. The predicted molar refractivity (Wildman–Crippen MR) is 125 cm³/mol. The summed E-state index contributed by atoms with van der Waals surface area (Å²) in [5.74, 6) is -1.63. The SMILES string of the molecule is CC1Cc2ccccc2N1S(=O)(=O)c1cccc(C(=O)OCC(=O)NC(=O)NC2CCCC2)c1. The molecule has 10 heteroatoms. The Morgan fingerprint density at radius 3 is 2.56 bits per heavy atom. The highest BCUT2D eigenvalue weighted by atomic mass is 32.2. The molecule has 1 saturated carbocycles. The summed E-state index contributed by atoms with van der Waals surface area (Å²) in [6.45, 7) is 1.17. The molecule has 1 aliphatic heterocycles. The van der Waals surface area contributed by atoms with E-state index in [-0.39, 0.29) is 22.5 Å². The number of hydrogen-bond acceptors (Lipinski definition) is 6. The number of fused-ring (bicyclic) bond motifs is 1. The van der Waals surface area contributed by atoms with Crippen LogP contribution in [0.1, 0.15) is 48.5 Å². The largest absolute Gasteiger partial charge is 0.452 e. The van der Waals surface area contributed by atoms with E-state index in [0.29, 0.717) is 12.1 Å². The van der Waals surface area contributed by atoms with Crippen LogP contribution in [0.2, 0.25) is 0 Å². The van der Waals surface area contributed by atoms with Crippen LogP contribution in [0, 0.1) is 0 Å². The van der Waals surface area contributed by atoms with Crippen LogP contribution < -0.4 is 14.9 Å². The minimum atomic E-state index is -3.92. The highest BCUT2D eigenvalue weighted by Crippen LogP contribution is 2.36. The van der Waals surface area contributed by atoms with Crippen molar-refractivity contribution in [3.63, 3.8) is 0 Å². The van der Waals surface area contributed by atoms with Crippen LogP contribution >= 0.6 is 0 Å². The summed E-state index contributed by atoms with van der Waals surface area (Å²) in [5, 5.41) is 4.84. The second-order valence-electron chi connectivity index (χ2n) is 8.59. The summed E-state index contributed by atoms with van der Waals surface area (Å²) in [7, 11) is -3.92. The van der Waals surface area contributed by atoms with Gasteiger partial charge in [0.15, 0.2) is 6.61 Å². The summed E-state index contributed by atoms with van der Waals surface area (Å²) >= 11 is 0. The van der Waals surface area contributed by atoms with Crippen molar-refractivity contribution in [2.45, 2.75) is 56.0 Å². The highest BCUT2D eigenvalue weighted by molar-refractivity contribution is 7.92. The summed E-state index contributed by atoms with van der Waals surface area (Å²) in [6, 6.07) is 12.0. The maximum Gasteiger partial charge on any atom is 0.338 e. The van der Waals surface area contributed by atoms with Crippen molar-refractivity contribution in [1.82, 2.24) is 10.6 Å². The average molecular weight is 486 g/mol. The zero-order valence-corrected chi connectivity index (χ0v) is 19.6. The number of nitrogens with one attached hydrogen (secondary N) is 2. The van der Waals surface area contributed by atoms with Gasteiger partial charge in [0.25, 0.3) is 15.9 Å². The second kappa shape index (κ2) is 9.84. The molecule has 0 spiro atoms. The Kier molecular flexibility index (Phi) is 6.87. The maximum absolute atomic E-state index is 13.4. The Morgan fingerprint density at radius 2 is 1.79 bits per heavy atom. The third kappa shape index (κ3) is 5.06. The molecule has 1 fully saturated rings. The lowest BCUT2D eigenvalue weighted by Crippen LogP contribution is -2.45. The molecule has 1 aliphatic carbocycles. The Bertz CT molecular complexity index is 1210. The topological polar surface area (TPSA) is 122 Å². The Morgan fingerprint density at radius 1 is 1.06 bits per heavy atom. The van der Waals surface area contributed by atoms with Crippen LogP contribution in [-0.4, -0.2) is 45.0 Å². The van der Waals surface area contributed by atoms with Crippen LogP contribution in [0.3, 0.4) is 0 Å².